The van der Waals surface area contributed by atoms with Gasteiger partial charge in [0, 0.05) is 12.7 Å². The lowest BCUT2D eigenvalue weighted by Crippen LogP contribution is -2.41. The fourth-order valence-corrected chi connectivity index (χ4v) is 3.67. The molecule has 1 unspecified atom stereocenters. The molecule has 0 aromatic carbocycles. The maximum atomic E-state index is 12.4. The van der Waals surface area contributed by atoms with Crippen LogP contribution in [0.2, 0.25) is 0 Å². The van der Waals surface area contributed by atoms with Gasteiger partial charge in [-0.05, 0) is 25.0 Å². The first-order chi connectivity index (χ1) is 8.96. The molecule has 0 aliphatic carbocycles. The SMILES string of the molecule is COC(=O)C1CCCN1S(=O)(=O)c1ccc(N)nc1. The minimum Gasteiger partial charge on any atom is -0.468 e. The van der Waals surface area contributed by atoms with Crippen molar-refractivity contribution in [3.05, 3.63) is 18.3 Å². The Hall–Kier alpha value is -1.67. The summed E-state index contributed by atoms with van der Waals surface area (Å²) >= 11 is 0. The summed E-state index contributed by atoms with van der Waals surface area (Å²) in [7, 11) is -2.50. The van der Waals surface area contributed by atoms with Crippen LogP contribution in [0.25, 0.3) is 0 Å². The number of anilines is 1. The Kier molecular flexibility index (Phi) is 3.72. The third-order valence-electron chi connectivity index (χ3n) is 3.04. The van der Waals surface area contributed by atoms with E-state index in [-0.39, 0.29) is 10.7 Å². The Morgan fingerprint density at radius 1 is 1.53 bits per heavy atom. The first-order valence-electron chi connectivity index (χ1n) is 5.78. The van der Waals surface area contributed by atoms with E-state index in [2.05, 4.69) is 9.72 Å². The van der Waals surface area contributed by atoms with E-state index in [1.54, 1.807) is 0 Å². The zero-order valence-electron chi connectivity index (χ0n) is 10.4. The molecular weight excluding hydrogens is 270 g/mol. The Morgan fingerprint density at radius 2 is 2.26 bits per heavy atom. The standard InChI is InChI=1S/C11H15N3O4S/c1-18-11(15)9-3-2-6-14(9)19(16,17)8-4-5-10(12)13-7-8/h4-5,7,9H,2-3,6H2,1H3,(H2,12,13). The fraction of sp³-hybridized carbons (Fsp3) is 0.455. The first-order valence-corrected chi connectivity index (χ1v) is 7.22. The summed E-state index contributed by atoms with van der Waals surface area (Å²) in [5.41, 5.74) is 5.43. The second-order valence-corrected chi connectivity index (χ2v) is 6.11. The fourth-order valence-electron chi connectivity index (χ4n) is 2.08. The van der Waals surface area contributed by atoms with Gasteiger partial charge >= 0.3 is 5.97 Å². The average molecular weight is 285 g/mol. The predicted molar refractivity (Wildman–Crippen MR) is 67.6 cm³/mol. The summed E-state index contributed by atoms with van der Waals surface area (Å²) in [6.07, 6.45) is 2.28. The van der Waals surface area contributed by atoms with Crippen LogP contribution in [0.5, 0.6) is 0 Å². The zero-order valence-corrected chi connectivity index (χ0v) is 11.3. The van der Waals surface area contributed by atoms with Crippen LogP contribution in [0.3, 0.4) is 0 Å². The molecule has 0 radical (unpaired) electrons. The number of nitrogens with two attached hydrogens (primary N) is 1. The zero-order chi connectivity index (χ0) is 14.0. The van der Waals surface area contributed by atoms with Crippen LogP contribution in [0.15, 0.2) is 23.2 Å². The molecule has 104 valence electrons. The van der Waals surface area contributed by atoms with Gasteiger partial charge in [0.15, 0.2) is 0 Å². The number of hydrogen-bond acceptors (Lipinski definition) is 6. The van der Waals surface area contributed by atoms with Crippen molar-refractivity contribution in [2.45, 2.75) is 23.8 Å². The van der Waals surface area contributed by atoms with Gasteiger partial charge in [-0.1, -0.05) is 0 Å². The molecule has 1 atom stereocenters. The van der Waals surface area contributed by atoms with Crippen LogP contribution in [-0.4, -0.2) is 43.4 Å². The molecule has 1 aliphatic heterocycles. The molecule has 0 bridgehead atoms. The van der Waals surface area contributed by atoms with E-state index >= 15 is 0 Å². The molecule has 1 aromatic heterocycles. The molecule has 2 rings (SSSR count). The molecule has 1 saturated heterocycles. The van der Waals surface area contributed by atoms with E-state index in [9.17, 15) is 13.2 Å². The van der Waals surface area contributed by atoms with Gasteiger partial charge in [0.1, 0.15) is 16.8 Å². The Labute approximate surface area is 111 Å². The van der Waals surface area contributed by atoms with Gasteiger partial charge in [-0.15, -0.1) is 0 Å². The highest BCUT2D eigenvalue weighted by atomic mass is 32.2. The number of ether oxygens (including phenoxy) is 1. The molecule has 19 heavy (non-hydrogen) atoms. The number of aromatic nitrogens is 1. The number of sulfonamides is 1. The topological polar surface area (TPSA) is 103 Å². The Morgan fingerprint density at radius 3 is 2.84 bits per heavy atom. The van der Waals surface area contributed by atoms with Crippen molar-refractivity contribution < 1.29 is 17.9 Å². The lowest BCUT2D eigenvalue weighted by Gasteiger charge is -2.21. The van der Waals surface area contributed by atoms with Crippen molar-refractivity contribution >= 4 is 21.8 Å². The van der Waals surface area contributed by atoms with Gasteiger partial charge in [0.05, 0.1) is 7.11 Å². The van der Waals surface area contributed by atoms with Gasteiger partial charge in [-0.2, -0.15) is 4.31 Å². The van der Waals surface area contributed by atoms with Crippen molar-refractivity contribution in [1.82, 2.24) is 9.29 Å². The molecule has 1 aromatic rings. The quantitative estimate of drug-likeness (QED) is 0.784. The summed E-state index contributed by atoms with van der Waals surface area (Å²) in [6.45, 7) is 0.298. The number of nitrogens with zero attached hydrogens (tertiary/aromatic N) is 2. The number of rotatable bonds is 3. The summed E-state index contributed by atoms with van der Waals surface area (Å²) in [5.74, 6) is -0.297. The van der Waals surface area contributed by atoms with E-state index in [0.717, 1.165) is 4.31 Å². The lowest BCUT2D eigenvalue weighted by molar-refractivity contribution is -0.144. The van der Waals surface area contributed by atoms with Crippen LogP contribution in [0.4, 0.5) is 5.82 Å². The second-order valence-electron chi connectivity index (χ2n) is 4.22. The van der Waals surface area contributed by atoms with E-state index in [4.69, 9.17) is 5.73 Å². The molecule has 0 spiro atoms. The van der Waals surface area contributed by atoms with E-state index in [1.807, 2.05) is 0 Å². The highest BCUT2D eigenvalue weighted by Crippen LogP contribution is 2.26. The summed E-state index contributed by atoms with van der Waals surface area (Å²) in [6, 6.07) is 2.04. The third kappa shape index (κ3) is 2.54. The number of esters is 1. The smallest absolute Gasteiger partial charge is 0.324 e. The second kappa shape index (κ2) is 5.14. The van der Waals surface area contributed by atoms with Gasteiger partial charge in [-0.25, -0.2) is 13.4 Å². The third-order valence-corrected chi connectivity index (χ3v) is 4.93. The maximum Gasteiger partial charge on any atom is 0.324 e. The van der Waals surface area contributed by atoms with Crippen molar-refractivity contribution in [3.8, 4) is 0 Å². The van der Waals surface area contributed by atoms with Crippen molar-refractivity contribution in [2.24, 2.45) is 0 Å². The largest absolute Gasteiger partial charge is 0.468 e. The minimum absolute atomic E-state index is 0.0255. The molecule has 7 nitrogen and oxygen atoms in total. The number of pyridine rings is 1. The summed E-state index contributed by atoms with van der Waals surface area (Å²) in [4.78, 5) is 15.4. The summed E-state index contributed by atoms with van der Waals surface area (Å²) in [5, 5.41) is 0. The monoisotopic (exact) mass is 285 g/mol. The van der Waals surface area contributed by atoms with Crippen LogP contribution in [-0.2, 0) is 19.6 Å². The van der Waals surface area contributed by atoms with E-state index in [1.165, 1.54) is 25.4 Å². The average Bonchev–Trinajstić information content (AvgIpc) is 2.88. The minimum atomic E-state index is -3.75. The lowest BCUT2D eigenvalue weighted by atomic mass is 10.2. The Balaban J connectivity index is 2.33. The van der Waals surface area contributed by atoms with Crippen LogP contribution in [0.1, 0.15) is 12.8 Å². The Bertz CT molecular complexity index is 570. The molecule has 2 heterocycles. The van der Waals surface area contributed by atoms with Gasteiger partial charge in [-0.3, -0.25) is 4.79 Å². The number of carbonyl (C=O) groups excluding carboxylic acids is 1. The van der Waals surface area contributed by atoms with Gasteiger partial charge < -0.3 is 10.5 Å². The van der Waals surface area contributed by atoms with Crippen LogP contribution < -0.4 is 5.73 Å². The van der Waals surface area contributed by atoms with Crippen molar-refractivity contribution in [3.63, 3.8) is 0 Å². The van der Waals surface area contributed by atoms with E-state index < -0.39 is 22.0 Å². The molecule has 0 saturated carbocycles. The number of carbonyl (C=O) groups is 1. The molecule has 2 N–H and O–H groups in total. The number of methoxy groups -OCH3 is 1. The van der Waals surface area contributed by atoms with Crippen LogP contribution in [0, 0.1) is 0 Å². The number of nitrogen functional groups attached to an aromatic ring is 1. The normalized spacial score (nSPS) is 20.4. The predicted octanol–water partition coefficient (Wildman–Crippen LogP) is -0.0101. The molecule has 8 heteroatoms. The maximum absolute atomic E-state index is 12.4. The summed E-state index contributed by atoms with van der Waals surface area (Å²) < 4.78 is 30.6. The van der Waals surface area contributed by atoms with Gasteiger partial charge in [0.2, 0.25) is 10.0 Å². The molecular formula is C11H15N3O4S. The highest BCUT2D eigenvalue weighted by molar-refractivity contribution is 7.89. The molecule has 1 fully saturated rings. The van der Waals surface area contributed by atoms with Crippen molar-refractivity contribution in [2.75, 3.05) is 19.4 Å². The molecule has 0 amide bonds. The van der Waals surface area contributed by atoms with E-state index in [0.29, 0.717) is 19.4 Å². The highest BCUT2D eigenvalue weighted by Gasteiger charge is 2.40. The van der Waals surface area contributed by atoms with Gasteiger partial charge in [0.25, 0.3) is 0 Å². The molecule has 1 aliphatic rings. The van der Waals surface area contributed by atoms with Crippen LogP contribution >= 0.6 is 0 Å². The van der Waals surface area contributed by atoms with Crippen molar-refractivity contribution in [1.29, 1.82) is 0 Å². The number of hydrogen-bond donors (Lipinski definition) is 1. The first kappa shape index (κ1) is 13.8.